The summed E-state index contributed by atoms with van der Waals surface area (Å²) in [5, 5.41) is 0. The molecule has 0 radical (unpaired) electrons. The number of nitrogens with two attached hydrogens (primary N) is 1. The highest BCUT2D eigenvalue weighted by atomic mass is 32.2. The second-order valence-corrected chi connectivity index (χ2v) is 5.23. The van der Waals surface area contributed by atoms with Crippen LogP contribution in [0, 0.1) is 13.8 Å². The molecule has 3 heteroatoms. The number of aromatic nitrogens is 1. The first-order valence-corrected chi connectivity index (χ1v) is 6.53. The first-order valence-electron chi connectivity index (χ1n) is 5.54. The number of anilines is 1. The molecule has 0 aliphatic rings. The number of aryl methyl sites for hydroxylation is 2. The van der Waals surface area contributed by atoms with Crippen molar-refractivity contribution in [1.82, 2.24) is 4.98 Å². The van der Waals surface area contributed by atoms with Crippen molar-refractivity contribution in [2.24, 2.45) is 0 Å². The highest BCUT2D eigenvalue weighted by Gasteiger charge is 1.99. The minimum Gasteiger partial charge on any atom is -0.399 e. The molecule has 1 aromatic carbocycles. The molecule has 0 spiro atoms. The monoisotopic (exact) mass is 244 g/mol. The lowest BCUT2D eigenvalue weighted by Gasteiger charge is -2.05. The van der Waals surface area contributed by atoms with Gasteiger partial charge in [0.1, 0.15) is 0 Å². The molecule has 0 saturated heterocycles. The van der Waals surface area contributed by atoms with Crippen molar-refractivity contribution in [3.63, 3.8) is 0 Å². The molecule has 0 unspecified atom stereocenters. The second-order valence-electron chi connectivity index (χ2n) is 4.18. The summed E-state index contributed by atoms with van der Waals surface area (Å²) >= 11 is 1.81. The molecule has 0 amide bonds. The standard InChI is InChI=1S/C14H16N2S/c1-10-5-12(8-16-7-10)9-17-13-3-4-14(15)11(2)6-13/h3-8H,9,15H2,1-2H3. The number of nitrogens with zero attached hydrogens (tertiary/aromatic N) is 1. The zero-order valence-electron chi connectivity index (χ0n) is 10.1. The van der Waals surface area contributed by atoms with Crippen LogP contribution < -0.4 is 5.73 Å². The topological polar surface area (TPSA) is 38.9 Å². The number of hydrogen-bond acceptors (Lipinski definition) is 3. The number of pyridine rings is 1. The van der Waals surface area contributed by atoms with Crippen molar-refractivity contribution >= 4 is 17.4 Å². The summed E-state index contributed by atoms with van der Waals surface area (Å²) in [4.78, 5) is 5.44. The van der Waals surface area contributed by atoms with Gasteiger partial charge in [-0.05, 0) is 48.7 Å². The molecule has 2 nitrogen and oxygen atoms in total. The van der Waals surface area contributed by atoms with Crippen LogP contribution in [0.4, 0.5) is 5.69 Å². The Hall–Kier alpha value is -1.48. The number of thioether (sulfide) groups is 1. The summed E-state index contributed by atoms with van der Waals surface area (Å²) in [6, 6.07) is 8.33. The summed E-state index contributed by atoms with van der Waals surface area (Å²) in [6.45, 7) is 4.10. The van der Waals surface area contributed by atoms with E-state index in [0.717, 1.165) is 17.0 Å². The zero-order valence-corrected chi connectivity index (χ0v) is 10.9. The fourth-order valence-corrected chi connectivity index (χ4v) is 2.52. The lowest BCUT2D eigenvalue weighted by Crippen LogP contribution is -1.89. The van der Waals surface area contributed by atoms with E-state index in [2.05, 4.69) is 30.1 Å². The molecule has 88 valence electrons. The first-order chi connectivity index (χ1) is 8.15. The van der Waals surface area contributed by atoms with Crippen LogP contribution in [0.25, 0.3) is 0 Å². The van der Waals surface area contributed by atoms with Gasteiger partial charge < -0.3 is 5.73 Å². The third-order valence-corrected chi connectivity index (χ3v) is 3.64. The quantitative estimate of drug-likeness (QED) is 0.662. The van der Waals surface area contributed by atoms with Gasteiger partial charge in [-0.15, -0.1) is 11.8 Å². The molecular formula is C14H16N2S. The maximum absolute atomic E-state index is 5.80. The number of hydrogen-bond donors (Lipinski definition) is 1. The lowest BCUT2D eigenvalue weighted by molar-refractivity contribution is 1.20. The Morgan fingerprint density at radius 2 is 2.00 bits per heavy atom. The molecule has 1 aromatic heterocycles. The van der Waals surface area contributed by atoms with Crippen molar-refractivity contribution in [2.45, 2.75) is 24.5 Å². The van der Waals surface area contributed by atoms with Crippen molar-refractivity contribution in [3.8, 4) is 0 Å². The van der Waals surface area contributed by atoms with Crippen LogP contribution in [0.5, 0.6) is 0 Å². The van der Waals surface area contributed by atoms with E-state index < -0.39 is 0 Å². The molecular weight excluding hydrogens is 228 g/mol. The van der Waals surface area contributed by atoms with Crippen molar-refractivity contribution < 1.29 is 0 Å². The minimum atomic E-state index is 0.853. The minimum absolute atomic E-state index is 0.853. The van der Waals surface area contributed by atoms with E-state index in [0.29, 0.717) is 0 Å². The van der Waals surface area contributed by atoms with Gasteiger partial charge in [0.2, 0.25) is 0 Å². The number of rotatable bonds is 3. The maximum Gasteiger partial charge on any atom is 0.0344 e. The predicted octanol–water partition coefficient (Wildman–Crippen LogP) is 3.57. The van der Waals surface area contributed by atoms with Crippen LogP contribution in [0.3, 0.4) is 0 Å². The first kappa shape index (κ1) is 12.0. The van der Waals surface area contributed by atoms with Crippen LogP contribution in [0.15, 0.2) is 41.6 Å². The zero-order chi connectivity index (χ0) is 12.3. The van der Waals surface area contributed by atoms with Crippen LogP contribution in [-0.2, 0) is 5.75 Å². The molecule has 1 heterocycles. The maximum atomic E-state index is 5.80. The molecule has 2 aromatic rings. The van der Waals surface area contributed by atoms with E-state index in [-0.39, 0.29) is 0 Å². The SMILES string of the molecule is Cc1cncc(CSc2ccc(N)c(C)c2)c1. The van der Waals surface area contributed by atoms with E-state index >= 15 is 0 Å². The Balaban J connectivity index is 2.05. The highest BCUT2D eigenvalue weighted by molar-refractivity contribution is 7.98. The van der Waals surface area contributed by atoms with Crippen molar-refractivity contribution in [1.29, 1.82) is 0 Å². The van der Waals surface area contributed by atoms with E-state index in [1.54, 1.807) is 0 Å². The fraction of sp³-hybridized carbons (Fsp3) is 0.214. The Labute approximate surface area is 106 Å². The average molecular weight is 244 g/mol. The van der Waals surface area contributed by atoms with Crippen LogP contribution in [-0.4, -0.2) is 4.98 Å². The summed E-state index contributed by atoms with van der Waals surface area (Å²) < 4.78 is 0. The van der Waals surface area contributed by atoms with Gasteiger partial charge in [-0.25, -0.2) is 0 Å². The molecule has 2 rings (SSSR count). The molecule has 0 saturated carbocycles. The van der Waals surface area contributed by atoms with E-state index in [9.17, 15) is 0 Å². The van der Waals surface area contributed by atoms with E-state index in [1.165, 1.54) is 16.0 Å². The van der Waals surface area contributed by atoms with Gasteiger partial charge in [0, 0.05) is 28.7 Å². The van der Waals surface area contributed by atoms with Gasteiger partial charge in [0.15, 0.2) is 0 Å². The largest absolute Gasteiger partial charge is 0.399 e. The van der Waals surface area contributed by atoms with Gasteiger partial charge in [-0.2, -0.15) is 0 Å². The Kier molecular flexibility index (Phi) is 3.69. The second kappa shape index (κ2) is 5.23. The Morgan fingerprint density at radius 1 is 1.18 bits per heavy atom. The molecule has 0 bridgehead atoms. The molecule has 0 fully saturated rings. The lowest BCUT2D eigenvalue weighted by atomic mass is 10.2. The third kappa shape index (κ3) is 3.24. The van der Waals surface area contributed by atoms with Gasteiger partial charge in [-0.1, -0.05) is 6.07 Å². The van der Waals surface area contributed by atoms with Crippen LogP contribution >= 0.6 is 11.8 Å². The summed E-state index contributed by atoms with van der Waals surface area (Å²) in [5.74, 6) is 0.942. The Bertz CT molecular complexity index is 523. The summed E-state index contributed by atoms with van der Waals surface area (Å²) in [5.41, 5.74) is 10.2. The van der Waals surface area contributed by atoms with Gasteiger partial charge >= 0.3 is 0 Å². The molecule has 0 aliphatic heterocycles. The summed E-state index contributed by atoms with van der Waals surface area (Å²) in [6.07, 6.45) is 3.80. The normalized spacial score (nSPS) is 10.5. The molecule has 0 aliphatic carbocycles. The van der Waals surface area contributed by atoms with Crippen molar-refractivity contribution in [3.05, 3.63) is 53.3 Å². The number of benzene rings is 1. The predicted molar refractivity (Wildman–Crippen MR) is 74.1 cm³/mol. The third-order valence-electron chi connectivity index (χ3n) is 2.58. The summed E-state index contributed by atoms with van der Waals surface area (Å²) in [7, 11) is 0. The van der Waals surface area contributed by atoms with E-state index in [1.807, 2.05) is 37.1 Å². The van der Waals surface area contributed by atoms with Crippen molar-refractivity contribution in [2.75, 3.05) is 5.73 Å². The molecule has 17 heavy (non-hydrogen) atoms. The smallest absolute Gasteiger partial charge is 0.0344 e. The fourth-order valence-electron chi connectivity index (χ4n) is 1.60. The van der Waals surface area contributed by atoms with Gasteiger partial charge in [-0.3, -0.25) is 4.98 Å². The van der Waals surface area contributed by atoms with Gasteiger partial charge in [0.05, 0.1) is 0 Å². The highest BCUT2D eigenvalue weighted by Crippen LogP contribution is 2.25. The number of nitrogen functional groups attached to an aromatic ring is 1. The van der Waals surface area contributed by atoms with Crippen LogP contribution in [0.1, 0.15) is 16.7 Å². The van der Waals surface area contributed by atoms with E-state index in [4.69, 9.17) is 5.73 Å². The molecule has 2 N–H and O–H groups in total. The Morgan fingerprint density at radius 3 is 2.71 bits per heavy atom. The van der Waals surface area contributed by atoms with Crippen LogP contribution in [0.2, 0.25) is 0 Å². The average Bonchev–Trinajstić information content (AvgIpc) is 2.31. The molecule has 0 atom stereocenters. The van der Waals surface area contributed by atoms with Gasteiger partial charge in [0.25, 0.3) is 0 Å².